The van der Waals surface area contributed by atoms with Crippen LogP contribution in [0.15, 0.2) is 41.4 Å². The Labute approximate surface area is 120 Å². The summed E-state index contributed by atoms with van der Waals surface area (Å²) < 4.78 is 52.1. The molecule has 1 aromatic carbocycles. The standard InChI is InChI=1S/C13H13F2N3O2S/c14-12-4-1-9(5-13(12)15)7-18-21(19,20)11-3-2-10(6-16)17-8-11/h1-5,8,18H,6-7,16H2. The Morgan fingerprint density at radius 3 is 2.48 bits per heavy atom. The fraction of sp³-hybridized carbons (Fsp3) is 0.154. The van der Waals surface area contributed by atoms with Crippen LogP contribution in [-0.2, 0) is 23.1 Å². The maximum atomic E-state index is 13.0. The summed E-state index contributed by atoms with van der Waals surface area (Å²) in [5, 5.41) is 0. The number of nitrogens with one attached hydrogen (secondary N) is 1. The van der Waals surface area contributed by atoms with Gasteiger partial charge in [-0.15, -0.1) is 0 Å². The van der Waals surface area contributed by atoms with Crippen LogP contribution in [0.5, 0.6) is 0 Å². The summed E-state index contributed by atoms with van der Waals surface area (Å²) in [5.41, 5.74) is 6.25. The molecule has 2 rings (SSSR count). The molecule has 112 valence electrons. The molecular formula is C13H13F2N3O2S. The van der Waals surface area contributed by atoms with Gasteiger partial charge in [0.1, 0.15) is 4.90 Å². The molecule has 0 aliphatic carbocycles. The van der Waals surface area contributed by atoms with Crippen LogP contribution >= 0.6 is 0 Å². The van der Waals surface area contributed by atoms with Crippen molar-refractivity contribution >= 4 is 10.0 Å². The second-order valence-corrected chi connectivity index (χ2v) is 6.03. The highest BCUT2D eigenvalue weighted by atomic mass is 32.2. The number of pyridine rings is 1. The molecule has 8 heteroatoms. The van der Waals surface area contributed by atoms with Crippen LogP contribution in [0, 0.1) is 11.6 Å². The van der Waals surface area contributed by atoms with Crippen LogP contribution in [0.25, 0.3) is 0 Å². The summed E-state index contributed by atoms with van der Waals surface area (Å²) in [6.45, 7) is 0.0563. The maximum Gasteiger partial charge on any atom is 0.242 e. The Kier molecular flexibility index (Phi) is 4.61. The van der Waals surface area contributed by atoms with E-state index in [2.05, 4.69) is 9.71 Å². The number of nitrogens with two attached hydrogens (primary N) is 1. The first-order valence-corrected chi connectivity index (χ1v) is 7.49. The molecule has 0 aliphatic heterocycles. The van der Waals surface area contributed by atoms with Crippen LogP contribution < -0.4 is 10.5 Å². The number of hydrogen-bond donors (Lipinski definition) is 2. The number of benzene rings is 1. The van der Waals surface area contributed by atoms with Crippen molar-refractivity contribution in [3.05, 3.63) is 59.4 Å². The molecule has 0 fully saturated rings. The first kappa shape index (κ1) is 15.5. The molecule has 0 aliphatic rings. The van der Waals surface area contributed by atoms with Crippen molar-refractivity contribution < 1.29 is 17.2 Å². The van der Waals surface area contributed by atoms with Crippen LogP contribution in [-0.4, -0.2) is 13.4 Å². The maximum absolute atomic E-state index is 13.0. The van der Waals surface area contributed by atoms with E-state index in [4.69, 9.17) is 5.73 Å². The Hall–Kier alpha value is -1.90. The molecule has 0 bridgehead atoms. The van der Waals surface area contributed by atoms with Crippen LogP contribution in [0.3, 0.4) is 0 Å². The number of rotatable bonds is 5. The first-order valence-electron chi connectivity index (χ1n) is 6.01. The molecule has 2 aromatic rings. The van der Waals surface area contributed by atoms with E-state index in [1.165, 1.54) is 24.4 Å². The summed E-state index contributed by atoms with van der Waals surface area (Å²) in [6.07, 6.45) is 1.19. The topological polar surface area (TPSA) is 85.1 Å². The summed E-state index contributed by atoms with van der Waals surface area (Å²) in [5.74, 6) is -2.01. The predicted octanol–water partition coefficient (Wildman–Crippen LogP) is 1.30. The zero-order chi connectivity index (χ0) is 15.5. The van der Waals surface area contributed by atoms with Crippen molar-refractivity contribution in [2.45, 2.75) is 18.0 Å². The minimum Gasteiger partial charge on any atom is -0.325 e. The molecular weight excluding hydrogens is 300 g/mol. The number of sulfonamides is 1. The van der Waals surface area contributed by atoms with E-state index in [0.717, 1.165) is 12.1 Å². The van der Waals surface area contributed by atoms with E-state index in [0.29, 0.717) is 11.3 Å². The Morgan fingerprint density at radius 1 is 1.14 bits per heavy atom. The Bertz CT molecular complexity index is 734. The lowest BCUT2D eigenvalue weighted by atomic mass is 10.2. The van der Waals surface area contributed by atoms with Crippen molar-refractivity contribution in [1.29, 1.82) is 0 Å². The third-order valence-corrected chi connectivity index (χ3v) is 4.15. The van der Waals surface area contributed by atoms with E-state index >= 15 is 0 Å². The quantitative estimate of drug-likeness (QED) is 0.871. The van der Waals surface area contributed by atoms with Gasteiger partial charge < -0.3 is 5.73 Å². The van der Waals surface area contributed by atoms with Gasteiger partial charge in [-0.05, 0) is 29.8 Å². The van der Waals surface area contributed by atoms with Crippen molar-refractivity contribution in [3.8, 4) is 0 Å². The number of nitrogens with zero attached hydrogens (tertiary/aromatic N) is 1. The van der Waals surface area contributed by atoms with Gasteiger partial charge in [-0.25, -0.2) is 21.9 Å². The summed E-state index contributed by atoms with van der Waals surface area (Å²) in [6, 6.07) is 6.07. The molecule has 1 heterocycles. The Morgan fingerprint density at radius 2 is 1.90 bits per heavy atom. The van der Waals surface area contributed by atoms with E-state index in [-0.39, 0.29) is 18.0 Å². The number of aromatic nitrogens is 1. The lowest BCUT2D eigenvalue weighted by Gasteiger charge is -2.07. The highest BCUT2D eigenvalue weighted by Crippen LogP contribution is 2.11. The van der Waals surface area contributed by atoms with Gasteiger partial charge in [0.05, 0.1) is 5.69 Å². The molecule has 0 saturated heterocycles. The van der Waals surface area contributed by atoms with Crippen molar-refractivity contribution in [3.63, 3.8) is 0 Å². The van der Waals surface area contributed by atoms with Crippen molar-refractivity contribution in [2.75, 3.05) is 0 Å². The zero-order valence-electron chi connectivity index (χ0n) is 10.9. The van der Waals surface area contributed by atoms with Gasteiger partial charge in [-0.1, -0.05) is 6.07 Å². The normalized spacial score (nSPS) is 11.6. The molecule has 0 radical (unpaired) electrons. The molecule has 0 spiro atoms. The highest BCUT2D eigenvalue weighted by Gasteiger charge is 2.14. The third-order valence-electron chi connectivity index (χ3n) is 2.77. The average molecular weight is 313 g/mol. The SMILES string of the molecule is NCc1ccc(S(=O)(=O)NCc2ccc(F)c(F)c2)cn1. The van der Waals surface area contributed by atoms with E-state index in [1.54, 1.807) is 0 Å². The van der Waals surface area contributed by atoms with Gasteiger partial charge in [-0.2, -0.15) is 0 Å². The lowest BCUT2D eigenvalue weighted by Crippen LogP contribution is -2.23. The van der Waals surface area contributed by atoms with Crippen molar-refractivity contribution in [1.82, 2.24) is 9.71 Å². The van der Waals surface area contributed by atoms with Gasteiger partial charge in [-0.3, -0.25) is 4.98 Å². The lowest BCUT2D eigenvalue weighted by molar-refractivity contribution is 0.506. The Balaban J connectivity index is 2.11. The summed E-state index contributed by atoms with van der Waals surface area (Å²) in [7, 11) is -3.78. The van der Waals surface area contributed by atoms with E-state index in [1.807, 2.05) is 0 Å². The van der Waals surface area contributed by atoms with Gasteiger partial charge >= 0.3 is 0 Å². The van der Waals surface area contributed by atoms with Crippen LogP contribution in [0.4, 0.5) is 8.78 Å². The third kappa shape index (κ3) is 3.81. The second-order valence-electron chi connectivity index (χ2n) is 4.26. The molecule has 5 nitrogen and oxygen atoms in total. The highest BCUT2D eigenvalue weighted by molar-refractivity contribution is 7.89. The largest absolute Gasteiger partial charge is 0.325 e. The minimum absolute atomic E-state index is 0.0257. The fourth-order valence-electron chi connectivity index (χ4n) is 1.60. The molecule has 0 amide bonds. The zero-order valence-corrected chi connectivity index (χ0v) is 11.7. The smallest absolute Gasteiger partial charge is 0.242 e. The van der Waals surface area contributed by atoms with E-state index < -0.39 is 21.7 Å². The summed E-state index contributed by atoms with van der Waals surface area (Å²) >= 11 is 0. The number of hydrogen-bond acceptors (Lipinski definition) is 4. The predicted molar refractivity (Wildman–Crippen MR) is 72.5 cm³/mol. The fourth-order valence-corrected chi connectivity index (χ4v) is 2.56. The minimum atomic E-state index is -3.78. The van der Waals surface area contributed by atoms with Crippen LogP contribution in [0.1, 0.15) is 11.3 Å². The summed E-state index contributed by atoms with van der Waals surface area (Å²) in [4.78, 5) is 3.86. The van der Waals surface area contributed by atoms with Gasteiger partial charge in [0.25, 0.3) is 0 Å². The molecule has 0 saturated carbocycles. The first-order chi connectivity index (χ1) is 9.92. The van der Waals surface area contributed by atoms with Gasteiger partial charge in [0.2, 0.25) is 10.0 Å². The molecule has 1 aromatic heterocycles. The second kappa shape index (κ2) is 6.25. The molecule has 0 unspecified atom stereocenters. The van der Waals surface area contributed by atoms with Gasteiger partial charge in [0, 0.05) is 19.3 Å². The van der Waals surface area contributed by atoms with Crippen molar-refractivity contribution in [2.24, 2.45) is 5.73 Å². The monoisotopic (exact) mass is 313 g/mol. The van der Waals surface area contributed by atoms with Gasteiger partial charge in [0.15, 0.2) is 11.6 Å². The van der Waals surface area contributed by atoms with Crippen LogP contribution in [0.2, 0.25) is 0 Å². The molecule has 21 heavy (non-hydrogen) atoms. The molecule has 0 atom stereocenters. The molecule has 3 N–H and O–H groups in total. The number of halogens is 2. The van der Waals surface area contributed by atoms with E-state index in [9.17, 15) is 17.2 Å². The average Bonchev–Trinajstić information content (AvgIpc) is 2.48.